The van der Waals surface area contributed by atoms with Crippen LogP contribution in [0.2, 0.25) is 0 Å². The van der Waals surface area contributed by atoms with Crippen LogP contribution in [0.25, 0.3) is 11.3 Å². The molecule has 214 valence electrons. The van der Waals surface area contributed by atoms with Crippen molar-refractivity contribution in [1.29, 1.82) is 0 Å². The number of rotatable bonds is 5. The van der Waals surface area contributed by atoms with Gasteiger partial charge in [0.2, 0.25) is 0 Å². The van der Waals surface area contributed by atoms with Crippen LogP contribution < -0.4 is 15.5 Å². The van der Waals surface area contributed by atoms with E-state index in [2.05, 4.69) is 74.6 Å². The summed E-state index contributed by atoms with van der Waals surface area (Å²) in [4.78, 5) is 12.0. The number of para-hydroxylation sites is 1. The third-order valence-electron chi connectivity index (χ3n) is 9.44. The van der Waals surface area contributed by atoms with Crippen molar-refractivity contribution in [2.45, 2.75) is 64.6 Å². The van der Waals surface area contributed by atoms with Gasteiger partial charge in [0.1, 0.15) is 11.4 Å². The molecule has 3 aromatic rings. The van der Waals surface area contributed by atoms with Crippen molar-refractivity contribution in [1.82, 2.24) is 20.1 Å². The van der Waals surface area contributed by atoms with E-state index >= 15 is 0 Å². The van der Waals surface area contributed by atoms with Crippen LogP contribution in [-0.2, 0) is 0 Å². The molecule has 0 amide bonds. The van der Waals surface area contributed by atoms with Gasteiger partial charge < -0.3 is 20.6 Å². The van der Waals surface area contributed by atoms with Gasteiger partial charge in [0, 0.05) is 55.2 Å². The first-order valence-electron chi connectivity index (χ1n) is 15.0. The molecule has 3 aliphatic heterocycles. The Morgan fingerprint density at radius 1 is 1.05 bits per heavy atom. The number of hydrogen-bond acceptors (Lipinski definition) is 8. The molecular formula is C33H41N7O. The SMILES string of the molecule is CC[C@@H]1CC[C@H](C)N(CC#Cc2cc(N3C4CC(C)C3CN(c3cc(-c5ccccc5O)nnc3N)C4)ccn2)C1. The highest BCUT2D eigenvalue weighted by atomic mass is 16.3. The number of pyridine rings is 1. The number of phenols is 1. The van der Waals surface area contributed by atoms with E-state index in [1.54, 1.807) is 12.1 Å². The number of phenolic OH excluding ortho intramolecular Hbond substituents is 1. The number of benzene rings is 1. The first kappa shape index (κ1) is 27.3. The minimum absolute atomic E-state index is 0.184. The zero-order valence-corrected chi connectivity index (χ0v) is 24.4. The Hall–Kier alpha value is -3.83. The fraction of sp³-hybridized carbons (Fsp3) is 0.485. The van der Waals surface area contributed by atoms with E-state index in [0.717, 1.165) is 49.9 Å². The predicted octanol–water partition coefficient (Wildman–Crippen LogP) is 4.79. The third-order valence-corrected chi connectivity index (χ3v) is 9.44. The van der Waals surface area contributed by atoms with E-state index in [9.17, 15) is 5.11 Å². The topological polar surface area (TPSA) is 94.6 Å². The Labute approximate surface area is 243 Å². The maximum atomic E-state index is 10.4. The van der Waals surface area contributed by atoms with Crippen LogP contribution in [0.5, 0.6) is 5.75 Å². The number of anilines is 3. The molecule has 5 heterocycles. The van der Waals surface area contributed by atoms with Crippen molar-refractivity contribution in [3.63, 3.8) is 0 Å². The molecule has 6 rings (SSSR count). The molecule has 3 saturated heterocycles. The van der Waals surface area contributed by atoms with Gasteiger partial charge in [-0.2, -0.15) is 0 Å². The lowest BCUT2D eigenvalue weighted by atomic mass is 9.91. The molecule has 3 aliphatic rings. The smallest absolute Gasteiger partial charge is 0.169 e. The molecule has 2 aromatic heterocycles. The second-order valence-electron chi connectivity index (χ2n) is 12.1. The highest BCUT2D eigenvalue weighted by Gasteiger charge is 2.45. The molecule has 2 bridgehead atoms. The standard InChI is InChI=1S/C33H41N7O/c1-4-24-12-11-23(3)38(19-24)15-7-8-25-17-26(13-14-35-25)40-27-16-22(2)31(40)21-39(20-27)30-18-29(36-37-33(30)34)28-9-5-6-10-32(28)41/h5-6,9-10,13-14,17-18,22-24,27,31,41H,4,11-12,15-16,19-21H2,1-3H3,(H2,34,37)/t22?,23-,24+,27?,31?/m0/s1. The van der Waals surface area contributed by atoms with Gasteiger partial charge in [0.25, 0.3) is 0 Å². The van der Waals surface area contributed by atoms with Gasteiger partial charge in [-0.3, -0.25) is 4.90 Å². The second kappa shape index (κ2) is 11.6. The number of aromatic nitrogens is 3. The number of piperazine rings is 1. The van der Waals surface area contributed by atoms with Crippen LogP contribution in [0.1, 0.15) is 52.1 Å². The van der Waals surface area contributed by atoms with Crippen LogP contribution >= 0.6 is 0 Å². The third kappa shape index (κ3) is 5.56. The van der Waals surface area contributed by atoms with Gasteiger partial charge >= 0.3 is 0 Å². The minimum atomic E-state index is 0.184. The van der Waals surface area contributed by atoms with Gasteiger partial charge in [-0.25, -0.2) is 4.98 Å². The minimum Gasteiger partial charge on any atom is -0.507 e. The van der Waals surface area contributed by atoms with Crippen molar-refractivity contribution >= 4 is 17.2 Å². The summed E-state index contributed by atoms with van der Waals surface area (Å²) in [6.45, 7) is 10.6. The predicted molar refractivity (Wildman–Crippen MR) is 165 cm³/mol. The molecule has 0 spiro atoms. The van der Waals surface area contributed by atoms with Gasteiger partial charge in [0.15, 0.2) is 5.82 Å². The molecule has 1 aromatic carbocycles. The van der Waals surface area contributed by atoms with Crippen molar-refractivity contribution in [3.05, 3.63) is 54.4 Å². The van der Waals surface area contributed by atoms with Crippen LogP contribution in [-0.4, -0.2) is 69.5 Å². The number of piperidine rings is 1. The molecule has 8 nitrogen and oxygen atoms in total. The molecule has 3 unspecified atom stereocenters. The van der Waals surface area contributed by atoms with E-state index in [1.165, 1.54) is 24.9 Å². The van der Waals surface area contributed by atoms with Crippen molar-refractivity contribution in [2.75, 3.05) is 41.7 Å². The Kier molecular flexibility index (Phi) is 7.72. The number of nitrogen functional groups attached to an aromatic ring is 1. The Bertz CT molecular complexity index is 1450. The normalized spacial score (nSPS) is 26.1. The van der Waals surface area contributed by atoms with Gasteiger partial charge in [-0.05, 0) is 74.3 Å². The number of hydrogen-bond donors (Lipinski definition) is 2. The van der Waals surface area contributed by atoms with Crippen molar-refractivity contribution in [3.8, 4) is 28.8 Å². The van der Waals surface area contributed by atoms with Gasteiger partial charge in [0.05, 0.1) is 17.9 Å². The Balaban J connectivity index is 1.19. The molecule has 41 heavy (non-hydrogen) atoms. The zero-order chi connectivity index (χ0) is 28.5. The number of fused-ring (bicyclic) bond motifs is 2. The van der Waals surface area contributed by atoms with E-state index in [-0.39, 0.29) is 5.75 Å². The maximum Gasteiger partial charge on any atom is 0.169 e. The summed E-state index contributed by atoms with van der Waals surface area (Å²) in [5.74, 6) is 8.71. The zero-order valence-electron chi connectivity index (χ0n) is 24.4. The van der Waals surface area contributed by atoms with Crippen molar-refractivity contribution < 1.29 is 5.11 Å². The summed E-state index contributed by atoms with van der Waals surface area (Å²) < 4.78 is 0. The molecule has 3 fully saturated rings. The summed E-state index contributed by atoms with van der Waals surface area (Å²) >= 11 is 0. The fourth-order valence-electron chi connectivity index (χ4n) is 6.99. The molecular weight excluding hydrogens is 510 g/mol. The lowest BCUT2D eigenvalue weighted by molar-refractivity contribution is 0.132. The fourth-order valence-corrected chi connectivity index (χ4v) is 6.99. The molecule has 3 N–H and O–H groups in total. The first-order valence-corrected chi connectivity index (χ1v) is 15.0. The number of nitrogens with zero attached hydrogens (tertiary/aromatic N) is 6. The monoisotopic (exact) mass is 551 g/mol. The van der Waals surface area contributed by atoms with Crippen LogP contribution in [0.15, 0.2) is 48.7 Å². The molecule has 0 aliphatic carbocycles. The van der Waals surface area contributed by atoms with Crippen molar-refractivity contribution in [2.24, 2.45) is 11.8 Å². The van der Waals surface area contributed by atoms with E-state index in [0.29, 0.717) is 41.1 Å². The number of nitrogens with two attached hydrogens (primary N) is 1. The second-order valence-corrected chi connectivity index (χ2v) is 12.1. The number of likely N-dealkylation sites (tertiary alicyclic amines) is 1. The molecule has 8 heteroatoms. The maximum absolute atomic E-state index is 10.4. The first-order chi connectivity index (χ1) is 19.9. The highest BCUT2D eigenvalue weighted by Crippen LogP contribution is 2.41. The quantitative estimate of drug-likeness (QED) is 0.437. The Morgan fingerprint density at radius 3 is 2.71 bits per heavy atom. The lowest BCUT2D eigenvalue weighted by Crippen LogP contribution is -2.55. The summed E-state index contributed by atoms with van der Waals surface area (Å²) in [5.41, 5.74) is 10.5. The van der Waals surface area contributed by atoms with E-state index in [1.807, 2.05) is 24.4 Å². The highest BCUT2D eigenvalue weighted by molar-refractivity contribution is 5.74. The number of aromatic hydroxyl groups is 1. The summed E-state index contributed by atoms with van der Waals surface area (Å²) in [6, 6.07) is 14.7. The lowest BCUT2D eigenvalue weighted by Gasteiger charge is -2.44. The summed E-state index contributed by atoms with van der Waals surface area (Å²) in [7, 11) is 0. The largest absolute Gasteiger partial charge is 0.507 e. The molecule has 0 saturated carbocycles. The Morgan fingerprint density at radius 2 is 1.90 bits per heavy atom. The van der Waals surface area contributed by atoms with Crippen LogP contribution in [0, 0.1) is 23.7 Å². The van der Waals surface area contributed by atoms with E-state index < -0.39 is 0 Å². The molecule has 5 atom stereocenters. The summed E-state index contributed by atoms with van der Waals surface area (Å²) in [5, 5.41) is 18.9. The van der Waals surface area contributed by atoms with Crippen LogP contribution in [0.4, 0.5) is 17.2 Å². The average molecular weight is 552 g/mol. The molecule has 0 radical (unpaired) electrons. The van der Waals surface area contributed by atoms with E-state index in [4.69, 9.17) is 5.73 Å². The van der Waals surface area contributed by atoms with Crippen LogP contribution in [0.3, 0.4) is 0 Å². The van der Waals surface area contributed by atoms with Gasteiger partial charge in [-0.15, -0.1) is 10.2 Å². The van der Waals surface area contributed by atoms with Gasteiger partial charge in [-0.1, -0.05) is 38.3 Å². The summed E-state index contributed by atoms with van der Waals surface area (Å²) in [6.07, 6.45) is 6.85. The average Bonchev–Trinajstić information content (AvgIpc) is 3.18.